The van der Waals surface area contributed by atoms with Gasteiger partial charge in [0, 0.05) is 43.7 Å². The molecule has 0 saturated carbocycles. The van der Waals surface area contributed by atoms with Crippen molar-refractivity contribution in [2.24, 2.45) is 0 Å². The number of carbonyl (C=O) groups is 2. The number of thiazole rings is 1. The number of ketones is 1. The second kappa shape index (κ2) is 8.82. The molecule has 2 aromatic carbocycles. The number of anilines is 1. The van der Waals surface area contributed by atoms with E-state index in [-0.39, 0.29) is 0 Å². The molecule has 0 N–H and O–H groups in total. The highest BCUT2D eigenvalue weighted by Crippen LogP contribution is 2.29. The highest BCUT2D eigenvalue weighted by Gasteiger charge is 2.36. The Morgan fingerprint density at radius 2 is 1.69 bits per heavy atom. The third-order valence-corrected chi connectivity index (χ3v) is 6.90. The third-order valence-electron chi connectivity index (χ3n) is 5.96. The first-order chi connectivity index (χ1) is 15.6. The minimum Gasteiger partial charge on any atom is -0.497 e. The maximum absolute atomic E-state index is 12.4. The fraction of sp³-hybridized carbons (Fsp3) is 0.292. The highest BCUT2D eigenvalue weighted by atomic mass is 32.1. The van der Waals surface area contributed by atoms with Gasteiger partial charge in [-0.2, -0.15) is 0 Å². The van der Waals surface area contributed by atoms with Crippen molar-refractivity contribution in [3.05, 3.63) is 65.2 Å². The van der Waals surface area contributed by atoms with Gasteiger partial charge in [-0.05, 0) is 36.4 Å². The Kier molecular flexibility index (Phi) is 5.73. The van der Waals surface area contributed by atoms with E-state index in [2.05, 4.69) is 15.2 Å². The molecule has 5 rings (SSSR count). The van der Waals surface area contributed by atoms with Gasteiger partial charge in [0.25, 0.3) is 5.78 Å². The van der Waals surface area contributed by atoms with E-state index in [0.29, 0.717) is 12.2 Å². The number of nitrogens with zero attached hydrogens (tertiary/aromatic N) is 4. The monoisotopic (exact) mass is 448 g/mol. The van der Waals surface area contributed by atoms with Crippen molar-refractivity contribution in [1.82, 2.24) is 14.8 Å². The summed E-state index contributed by atoms with van der Waals surface area (Å²) in [6, 6.07) is 15.2. The summed E-state index contributed by atoms with van der Waals surface area (Å²) in [5, 5.41) is 3.13. The van der Waals surface area contributed by atoms with E-state index in [9.17, 15) is 9.59 Å². The minimum atomic E-state index is -0.429. The van der Waals surface area contributed by atoms with Crippen molar-refractivity contribution >= 4 is 28.7 Å². The fourth-order valence-corrected chi connectivity index (χ4v) is 4.97. The van der Waals surface area contributed by atoms with Crippen LogP contribution in [-0.2, 0) is 11.3 Å². The molecule has 32 heavy (non-hydrogen) atoms. The molecule has 1 amide bonds. The van der Waals surface area contributed by atoms with Gasteiger partial charge >= 0.3 is 5.91 Å². The van der Waals surface area contributed by atoms with Crippen LogP contribution in [0.1, 0.15) is 16.1 Å². The lowest BCUT2D eigenvalue weighted by molar-refractivity contribution is -0.114. The maximum atomic E-state index is 12.4. The lowest BCUT2D eigenvalue weighted by atomic mass is 10.1. The molecule has 2 aliphatic heterocycles. The lowest BCUT2D eigenvalue weighted by Crippen LogP contribution is -2.50. The zero-order chi connectivity index (χ0) is 22.1. The van der Waals surface area contributed by atoms with Crippen molar-refractivity contribution in [2.75, 3.05) is 44.9 Å². The standard InChI is InChI=1S/C24H24N4O3S/c1-31-19-8-6-17(7-9-19)23-25-18(15-32-23)14-26-10-12-27(13-11-26)16-28-21-5-3-2-4-20(21)22(29)24(28)30/h2-9,15H,10-14,16H2,1H3. The number of fused-ring (bicyclic) bond motifs is 1. The predicted molar refractivity (Wildman–Crippen MR) is 124 cm³/mol. The Labute approximate surface area is 190 Å². The topological polar surface area (TPSA) is 66.0 Å². The minimum absolute atomic E-state index is 0.407. The number of aromatic nitrogens is 1. The quantitative estimate of drug-likeness (QED) is 0.540. The summed E-state index contributed by atoms with van der Waals surface area (Å²) in [6.45, 7) is 4.74. The van der Waals surface area contributed by atoms with Crippen molar-refractivity contribution in [3.63, 3.8) is 0 Å². The molecular weight excluding hydrogens is 424 g/mol. The van der Waals surface area contributed by atoms with E-state index >= 15 is 0 Å². The fourth-order valence-electron chi connectivity index (χ4n) is 4.15. The van der Waals surface area contributed by atoms with Crippen LogP contribution in [0.15, 0.2) is 53.9 Å². The van der Waals surface area contributed by atoms with Crippen molar-refractivity contribution < 1.29 is 14.3 Å². The van der Waals surface area contributed by atoms with Crippen molar-refractivity contribution in [2.45, 2.75) is 6.54 Å². The van der Waals surface area contributed by atoms with Gasteiger partial charge in [-0.25, -0.2) is 4.98 Å². The lowest BCUT2D eigenvalue weighted by Gasteiger charge is -2.36. The zero-order valence-electron chi connectivity index (χ0n) is 17.9. The summed E-state index contributed by atoms with van der Waals surface area (Å²) in [6.07, 6.45) is 0. The van der Waals surface area contributed by atoms with Crippen molar-refractivity contribution in [1.29, 1.82) is 0 Å². The first kappa shape index (κ1) is 20.8. The van der Waals surface area contributed by atoms with Gasteiger partial charge in [0.15, 0.2) is 0 Å². The normalized spacial score (nSPS) is 17.1. The molecule has 0 aliphatic carbocycles. The van der Waals surface area contributed by atoms with E-state index in [1.54, 1.807) is 35.5 Å². The summed E-state index contributed by atoms with van der Waals surface area (Å²) in [5.41, 5.74) is 3.39. The van der Waals surface area contributed by atoms with Crippen LogP contribution in [0.3, 0.4) is 0 Å². The molecule has 0 bridgehead atoms. The third kappa shape index (κ3) is 4.04. The largest absolute Gasteiger partial charge is 0.497 e. The number of rotatable bonds is 6. The first-order valence-corrected chi connectivity index (χ1v) is 11.5. The van der Waals surface area contributed by atoms with E-state index in [0.717, 1.165) is 60.4 Å². The van der Waals surface area contributed by atoms with Crippen LogP contribution >= 0.6 is 11.3 Å². The molecule has 8 heteroatoms. The number of hydrogen-bond acceptors (Lipinski definition) is 7. The maximum Gasteiger partial charge on any atom is 0.300 e. The zero-order valence-corrected chi connectivity index (χ0v) is 18.7. The number of carbonyl (C=O) groups excluding carboxylic acids is 2. The molecule has 164 valence electrons. The molecule has 0 unspecified atom stereocenters. The first-order valence-electron chi connectivity index (χ1n) is 10.6. The average molecular weight is 449 g/mol. The molecule has 3 heterocycles. The Bertz CT molecular complexity index is 1140. The number of hydrogen-bond donors (Lipinski definition) is 0. The van der Waals surface area contributed by atoms with Gasteiger partial charge in [-0.3, -0.25) is 24.3 Å². The molecule has 0 atom stereocenters. The van der Waals surface area contributed by atoms with E-state index < -0.39 is 11.7 Å². The Balaban J connectivity index is 1.16. The molecule has 1 fully saturated rings. The van der Waals surface area contributed by atoms with Crippen LogP contribution in [0, 0.1) is 0 Å². The summed E-state index contributed by atoms with van der Waals surface area (Å²) < 4.78 is 5.22. The summed E-state index contributed by atoms with van der Waals surface area (Å²) in [7, 11) is 1.66. The molecular formula is C24H24N4O3S. The number of para-hydroxylation sites is 1. The Morgan fingerprint density at radius 1 is 0.969 bits per heavy atom. The number of Topliss-reactive ketones (excluding diaryl/α,β-unsaturated/α-hetero) is 1. The summed E-state index contributed by atoms with van der Waals surface area (Å²) in [5.74, 6) is 0.00415. The SMILES string of the molecule is COc1ccc(-c2nc(CN3CCN(CN4C(=O)C(=O)c5ccccc54)CC3)cs2)cc1. The number of amides is 1. The van der Waals surface area contributed by atoms with Crippen LogP contribution in [0.25, 0.3) is 10.6 Å². The van der Waals surface area contributed by atoms with Gasteiger partial charge < -0.3 is 4.74 Å². The molecule has 2 aliphatic rings. The van der Waals surface area contributed by atoms with Crippen LogP contribution < -0.4 is 9.64 Å². The molecule has 1 saturated heterocycles. The van der Waals surface area contributed by atoms with Gasteiger partial charge in [0.1, 0.15) is 10.8 Å². The molecule has 7 nitrogen and oxygen atoms in total. The van der Waals surface area contributed by atoms with Crippen LogP contribution in [-0.4, -0.2) is 66.4 Å². The summed E-state index contributed by atoms with van der Waals surface area (Å²) in [4.78, 5) is 35.7. The van der Waals surface area contributed by atoms with Gasteiger partial charge in [-0.15, -0.1) is 11.3 Å². The number of benzene rings is 2. The van der Waals surface area contributed by atoms with E-state index in [1.807, 2.05) is 36.4 Å². The number of piperazine rings is 1. The summed E-state index contributed by atoms with van der Waals surface area (Å²) >= 11 is 1.66. The molecule has 0 spiro atoms. The smallest absolute Gasteiger partial charge is 0.300 e. The molecule has 1 aromatic heterocycles. The Hall–Kier alpha value is -3.07. The van der Waals surface area contributed by atoms with E-state index in [1.165, 1.54) is 0 Å². The second-order valence-electron chi connectivity index (χ2n) is 7.99. The van der Waals surface area contributed by atoms with Gasteiger partial charge in [0.05, 0.1) is 30.7 Å². The predicted octanol–water partition coefficient (Wildman–Crippen LogP) is 3.12. The van der Waals surface area contributed by atoms with Gasteiger partial charge in [0.2, 0.25) is 0 Å². The van der Waals surface area contributed by atoms with Gasteiger partial charge in [-0.1, -0.05) is 12.1 Å². The number of ether oxygens (including phenoxy) is 1. The molecule has 3 aromatic rings. The van der Waals surface area contributed by atoms with Crippen LogP contribution in [0.5, 0.6) is 5.75 Å². The molecule has 0 radical (unpaired) electrons. The Morgan fingerprint density at radius 3 is 2.44 bits per heavy atom. The number of methoxy groups -OCH3 is 1. The van der Waals surface area contributed by atoms with Crippen LogP contribution in [0.2, 0.25) is 0 Å². The van der Waals surface area contributed by atoms with Crippen molar-refractivity contribution in [3.8, 4) is 16.3 Å². The average Bonchev–Trinajstić information content (AvgIpc) is 3.39. The van der Waals surface area contributed by atoms with E-state index in [4.69, 9.17) is 9.72 Å². The van der Waals surface area contributed by atoms with Crippen LogP contribution in [0.4, 0.5) is 5.69 Å². The highest BCUT2D eigenvalue weighted by molar-refractivity contribution is 7.13. The second-order valence-corrected chi connectivity index (χ2v) is 8.85.